The van der Waals surface area contributed by atoms with Gasteiger partial charge in [-0.15, -0.1) is 0 Å². The molecule has 0 aromatic heterocycles. The second kappa shape index (κ2) is 6.69. The largest absolute Gasteiger partial charge is 0.497 e. The Kier molecular flexibility index (Phi) is 4.47. The van der Waals surface area contributed by atoms with Crippen LogP contribution >= 0.6 is 0 Å². The van der Waals surface area contributed by atoms with Crippen LogP contribution in [0.5, 0.6) is 11.5 Å². The Morgan fingerprint density at radius 3 is 1.45 bits per heavy atom. The van der Waals surface area contributed by atoms with E-state index in [0.717, 1.165) is 11.5 Å². The van der Waals surface area contributed by atoms with Gasteiger partial charge in [0.05, 0.1) is 14.2 Å². The van der Waals surface area contributed by atoms with Crippen LogP contribution in [0.25, 0.3) is 5.57 Å². The molecule has 0 atom stereocenters. The number of hydrogen-bond acceptors (Lipinski definition) is 2. The molecule has 1 aliphatic carbocycles. The van der Waals surface area contributed by atoms with Crippen molar-refractivity contribution >= 4 is 5.57 Å². The van der Waals surface area contributed by atoms with Gasteiger partial charge >= 0.3 is 0 Å². The maximum Gasteiger partial charge on any atom is 0.118 e. The van der Waals surface area contributed by atoms with E-state index in [-0.39, 0.29) is 0 Å². The van der Waals surface area contributed by atoms with Crippen molar-refractivity contribution in [3.63, 3.8) is 0 Å². The molecular weight excluding hydrogens is 272 g/mol. The molecule has 0 aliphatic heterocycles. The molecule has 0 spiro atoms. The van der Waals surface area contributed by atoms with Crippen LogP contribution < -0.4 is 9.47 Å². The molecule has 0 heterocycles. The summed E-state index contributed by atoms with van der Waals surface area (Å²) < 4.78 is 10.6. The average Bonchev–Trinajstić information content (AvgIpc) is 3.10. The molecule has 2 nitrogen and oxygen atoms in total. The Bertz CT molecular complexity index is 594. The lowest BCUT2D eigenvalue weighted by atomic mass is 9.92. The molecule has 1 fully saturated rings. The van der Waals surface area contributed by atoms with Crippen molar-refractivity contribution in [1.29, 1.82) is 0 Å². The normalized spacial score (nSPS) is 14.0. The second-order valence-electron chi connectivity index (χ2n) is 5.64. The van der Waals surface area contributed by atoms with E-state index in [9.17, 15) is 0 Å². The van der Waals surface area contributed by atoms with Crippen LogP contribution in [0.1, 0.15) is 36.8 Å². The van der Waals surface area contributed by atoms with Gasteiger partial charge in [0.25, 0.3) is 0 Å². The predicted octanol–water partition coefficient (Wildman–Crippen LogP) is 5.08. The van der Waals surface area contributed by atoms with Crippen LogP contribution in [-0.4, -0.2) is 14.2 Å². The number of benzene rings is 2. The highest BCUT2D eigenvalue weighted by molar-refractivity contribution is 5.82. The van der Waals surface area contributed by atoms with Crippen LogP contribution in [0.2, 0.25) is 0 Å². The molecular formula is C20H22O2. The lowest BCUT2D eigenvalue weighted by Crippen LogP contribution is -1.94. The van der Waals surface area contributed by atoms with E-state index in [4.69, 9.17) is 9.47 Å². The van der Waals surface area contributed by atoms with E-state index in [0.29, 0.717) is 0 Å². The van der Waals surface area contributed by atoms with Crippen LogP contribution in [0, 0.1) is 0 Å². The van der Waals surface area contributed by atoms with Crippen molar-refractivity contribution in [2.75, 3.05) is 14.2 Å². The highest BCUT2D eigenvalue weighted by Gasteiger charge is 2.16. The standard InChI is InChI=1S/C20H22O2/c1-21-18-11-7-16(8-12-18)20(15-5-3-4-6-15)17-9-13-19(22-2)14-10-17/h7-14H,3-6H2,1-2H3. The molecule has 2 aromatic rings. The topological polar surface area (TPSA) is 18.5 Å². The van der Waals surface area contributed by atoms with Crippen LogP contribution in [0.15, 0.2) is 54.1 Å². The molecule has 22 heavy (non-hydrogen) atoms. The average molecular weight is 294 g/mol. The van der Waals surface area contributed by atoms with Crippen molar-refractivity contribution in [3.8, 4) is 11.5 Å². The van der Waals surface area contributed by atoms with Gasteiger partial charge in [0.1, 0.15) is 11.5 Å². The molecule has 0 bridgehead atoms. The monoisotopic (exact) mass is 294 g/mol. The van der Waals surface area contributed by atoms with E-state index in [1.165, 1.54) is 42.4 Å². The third-order valence-electron chi connectivity index (χ3n) is 4.32. The summed E-state index contributed by atoms with van der Waals surface area (Å²) in [7, 11) is 3.41. The molecule has 2 heteroatoms. The van der Waals surface area contributed by atoms with Crippen molar-refractivity contribution in [3.05, 3.63) is 65.2 Å². The minimum Gasteiger partial charge on any atom is -0.497 e. The summed E-state index contributed by atoms with van der Waals surface area (Å²) in [5.41, 5.74) is 5.48. The first-order chi connectivity index (χ1) is 10.8. The van der Waals surface area contributed by atoms with Gasteiger partial charge in [-0.2, -0.15) is 0 Å². The first-order valence-electron chi connectivity index (χ1n) is 7.82. The van der Waals surface area contributed by atoms with Crippen molar-refractivity contribution < 1.29 is 9.47 Å². The Labute approximate surface area is 132 Å². The number of methoxy groups -OCH3 is 2. The van der Waals surface area contributed by atoms with Gasteiger partial charge in [0, 0.05) is 0 Å². The van der Waals surface area contributed by atoms with E-state index >= 15 is 0 Å². The molecule has 0 unspecified atom stereocenters. The predicted molar refractivity (Wildman–Crippen MR) is 90.5 cm³/mol. The Morgan fingerprint density at radius 1 is 0.682 bits per heavy atom. The SMILES string of the molecule is COc1ccc(C(=C2CCCC2)c2ccc(OC)cc2)cc1. The Hall–Kier alpha value is -2.22. The van der Waals surface area contributed by atoms with Gasteiger partial charge in [-0.1, -0.05) is 29.8 Å². The molecule has 0 N–H and O–H groups in total. The zero-order chi connectivity index (χ0) is 15.4. The molecule has 0 saturated heterocycles. The van der Waals surface area contributed by atoms with Crippen LogP contribution in [0.3, 0.4) is 0 Å². The summed E-state index contributed by atoms with van der Waals surface area (Å²) in [4.78, 5) is 0. The van der Waals surface area contributed by atoms with Crippen LogP contribution in [-0.2, 0) is 0 Å². The molecule has 1 aliphatic rings. The van der Waals surface area contributed by atoms with Gasteiger partial charge in [0.15, 0.2) is 0 Å². The second-order valence-corrected chi connectivity index (χ2v) is 5.64. The maximum absolute atomic E-state index is 5.28. The third-order valence-corrected chi connectivity index (χ3v) is 4.32. The molecule has 114 valence electrons. The number of allylic oxidation sites excluding steroid dienone is 1. The quantitative estimate of drug-likeness (QED) is 0.783. The Morgan fingerprint density at radius 2 is 1.09 bits per heavy atom. The van der Waals surface area contributed by atoms with E-state index in [1.54, 1.807) is 19.8 Å². The maximum atomic E-state index is 5.28. The van der Waals surface area contributed by atoms with E-state index < -0.39 is 0 Å². The number of hydrogen-bond donors (Lipinski definition) is 0. The lowest BCUT2D eigenvalue weighted by Gasteiger charge is -2.14. The summed E-state index contributed by atoms with van der Waals surface area (Å²) in [5.74, 6) is 1.79. The fraction of sp³-hybridized carbons (Fsp3) is 0.300. The first-order valence-corrected chi connectivity index (χ1v) is 7.82. The fourth-order valence-corrected chi connectivity index (χ4v) is 3.14. The third kappa shape index (κ3) is 3.01. The lowest BCUT2D eigenvalue weighted by molar-refractivity contribution is 0.414. The summed E-state index contributed by atoms with van der Waals surface area (Å²) in [5, 5.41) is 0. The highest BCUT2D eigenvalue weighted by Crippen LogP contribution is 2.36. The van der Waals surface area contributed by atoms with Crippen molar-refractivity contribution in [2.24, 2.45) is 0 Å². The molecule has 3 rings (SSSR count). The van der Waals surface area contributed by atoms with E-state index in [1.807, 2.05) is 24.3 Å². The summed E-state index contributed by atoms with van der Waals surface area (Å²) in [6.07, 6.45) is 5.00. The molecule has 0 radical (unpaired) electrons. The van der Waals surface area contributed by atoms with Crippen molar-refractivity contribution in [1.82, 2.24) is 0 Å². The smallest absolute Gasteiger partial charge is 0.118 e. The highest BCUT2D eigenvalue weighted by atomic mass is 16.5. The molecule has 0 amide bonds. The molecule has 2 aromatic carbocycles. The zero-order valence-corrected chi connectivity index (χ0v) is 13.3. The van der Waals surface area contributed by atoms with Gasteiger partial charge < -0.3 is 9.47 Å². The molecule has 1 saturated carbocycles. The first kappa shape index (κ1) is 14.7. The minimum atomic E-state index is 0.897. The number of rotatable bonds is 4. The Balaban J connectivity index is 2.05. The fourth-order valence-electron chi connectivity index (χ4n) is 3.14. The van der Waals surface area contributed by atoms with E-state index in [2.05, 4.69) is 24.3 Å². The summed E-state index contributed by atoms with van der Waals surface area (Å²) in [6.45, 7) is 0. The van der Waals surface area contributed by atoms with Gasteiger partial charge in [0.2, 0.25) is 0 Å². The summed E-state index contributed by atoms with van der Waals surface area (Å²) in [6, 6.07) is 16.8. The van der Waals surface area contributed by atoms with Gasteiger partial charge in [-0.25, -0.2) is 0 Å². The van der Waals surface area contributed by atoms with Crippen molar-refractivity contribution in [2.45, 2.75) is 25.7 Å². The van der Waals surface area contributed by atoms with Gasteiger partial charge in [-0.05, 0) is 66.6 Å². The van der Waals surface area contributed by atoms with Gasteiger partial charge in [-0.3, -0.25) is 0 Å². The number of ether oxygens (including phenoxy) is 2. The van der Waals surface area contributed by atoms with Crippen LogP contribution in [0.4, 0.5) is 0 Å². The minimum absolute atomic E-state index is 0.897. The zero-order valence-electron chi connectivity index (χ0n) is 13.3. The summed E-state index contributed by atoms with van der Waals surface area (Å²) >= 11 is 0.